The number of benzene rings is 7. The molecule has 0 spiro atoms. The Kier molecular flexibility index (Phi) is 7.43. The van der Waals surface area contributed by atoms with Crippen molar-refractivity contribution in [3.63, 3.8) is 0 Å². The van der Waals surface area contributed by atoms with Gasteiger partial charge < -0.3 is 13.5 Å². The number of rotatable bonds is 6. The van der Waals surface area contributed by atoms with Crippen LogP contribution < -0.4 is 0 Å². The summed E-state index contributed by atoms with van der Waals surface area (Å²) < 4.78 is 7.16. The van der Waals surface area contributed by atoms with E-state index in [4.69, 9.17) is 15.0 Å². The minimum absolute atomic E-state index is 0.626. The molecule has 0 unspecified atom stereocenters. The molecule has 0 aliphatic heterocycles. The standard InChI is InChI=1S/C53H34N6/c1-3-17-35(18-4-1)51-54-52(36-19-5-2-6-20-36)56-53(55-51)38-22-15-21-37(33-38)49-48-43-27-9-12-30-46(43)59(50(48)47-31-13-14-32-57(47)49)40-24-16-23-39(34-40)58-44-28-10-7-25-41(44)42-26-8-11-29-45(42)58/h1-34H. The summed E-state index contributed by atoms with van der Waals surface area (Å²) in [6, 6.07) is 70.4. The van der Waals surface area contributed by atoms with Crippen molar-refractivity contribution in [2.75, 3.05) is 0 Å². The van der Waals surface area contributed by atoms with E-state index in [9.17, 15) is 0 Å². The molecular formula is C53H34N6. The second-order valence-electron chi connectivity index (χ2n) is 14.9. The average molecular weight is 755 g/mol. The van der Waals surface area contributed by atoms with Gasteiger partial charge in [-0.2, -0.15) is 0 Å². The highest BCUT2D eigenvalue weighted by Crippen LogP contribution is 2.43. The molecule has 6 nitrogen and oxygen atoms in total. The molecule has 0 bridgehead atoms. The van der Waals surface area contributed by atoms with Crippen molar-refractivity contribution in [1.82, 2.24) is 28.5 Å². The highest BCUT2D eigenvalue weighted by molar-refractivity contribution is 6.21. The van der Waals surface area contributed by atoms with Gasteiger partial charge in [0.2, 0.25) is 0 Å². The summed E-state index contributed by atoms with van der Waals surface area (Å²) in [5, 5.41) is 4.87. The molecule has 12 rings (SSSR count). The lowest BCUT2D eigenvalue weighted by molar-refractivity contribution is 1.07. The normalized spacial score (nSPS) is 11.7. The Balaban J connectivity index is 1.08. The molecule has 0 atom stereocenters. The van der Waals surface area contributed by atoms with Crippen LogP contribution in [0, 0.1) is 0 Å². The molecule has 0 amide bonds. The fourth-order valence-corrected chi connectivity index (χ4v) is 8.94. The molecule has 0 N–H and O–H groups in total. The van der Waals surface area contributed by atoms with Crippen LogP contribution in [0.2, 0.25) is 0 Å². The van der Waals surface area contributed by atoms with Crippen LogP contribution >= 0.6 is 0 Å². The third-order valence-corrected chi connectivity index (χ3v) is 11.5. The molecule has 0 aliphatic carbocycles. The SMILES string of the molecule is c1ccc(-c2nc(-c3ccccc3)nc(-c3cccc(-c4c5c6ccccc6n(-c6cccc(-n7c8ccccc8c8ccccc87)c6)c5c5ccccn45)c3)n2)cc1. The Morgan fingerprint density at radius 2 is 0.780 bits per heavy atom. The molecule has 0 saturated heterocycles. The molecule has 0 radical (unpaired) electrons. The van der Waals surface area contributed by atoms with Crippen molar-refractivity contribution in [3.8, 4) is 56.8 Å². The quantitative estimate of drug-likeness (QED) is 0.170. The van der Waals surface area contributed by atoms with E-state index in [0.717, 1.165) is 55.9 Å². The predicted molar refractivity (Wildman–Crippen MR) is 241 cm³/mol. The minimum atomic E-state index is 0.626. The lowest BCUT2D eigenvalue weighted by atomic mass is 10.0. The van der Waals surface area contributed by atoms with Crippen molar-refractivity contribution in [3.05, 3.63) is 206 Å². The summed E-state index contributed by atoms with van der Waals surface area (Å²) in [6.07, 6.45) is 2.18. The smallest absolute Gasteiger partial charge is 0.164 e. The molecule has 6 heteroatoms. The summed E-state index contributed by atoms with van der Waals surface area (Å²) >= 11 is 0. The van der Waals surface area contributed by atoms with Crippen molar-refractivity contribution in [2.24, 2.45) is 0 Å². The van der Waals surface area contributed by atoms with Gasteiger partial charge in [0.15, 0.2) is 17.5 Å². The van der Waals surface area contributed by atoms with E-state index in [-0.39, 0.29) is 0 Å². The fraction of sp³-hybridized carbons (Fsp3) is 0. The van der Waals surface area contributed by atoms with Gasteiger partial charge in [-0.15, -0.1) is 0 Å². The molecule has 7 aromatic carbocycles. The van der Waals surface area contributed by atoms with Gasteiger partial charge in [-0.05, 0) is 60.2 Å². The molecule has 0 fully saturated rings. The highest BCUT2D eigenvalue weighted by atomic mass is 15.1. The third-order valence-electron chi connectivity index (χ3n) is 11.5. The van der Waals surface area contributed by atoms with Gasteiger partial charge in [-0.1, -0.05) is 146 Å². The van der Waals surface area contributed by atoms with Gasteiger partial charge in [0.1, 0.15) is 0 Å². The number of pyridine rings is 1. The summed E-state index contributed by atoms with van der Waals surface area (Å²) in [6.45, 7) is 0. The maximum absolute atomic E-state index is 5.07. The van der Waals surface area contributed by atoms with E-state index in [1.165, 1.54) is 32.6 Å². The second-order valence-corrected chi connectivity index (χ2v) is 14.9. The first kappa shape index (κ1) is 33.1. The number of aromatic nitrogens is 6. The zero-order valence-electron chi connectivity index (χ0n) is 31.8. The van der Waals surface area contributed by atoms with Crippen LogP contribution in [0.4, 0.5) is 0 Å². The maximum atomic E-state index is 5.07. The van der Waals surface area contributed by atoms with Crippen LogP contribution in [0.25, 0.3) is 106 Å². The van der Waals surface area contributed by atoms with Crippen LogP contribution in [-0.4, -0.2) is 28.5 Å². The van der Waals surface area contributed by atoms with Crippen LogP contribution in [0.5, 0.6) is 0 Å². The van der Waals surface area contributed by atoms with Gasteiger partial charge in [-0.25, -0.2) is 15.0 Å². The Bertz CT molecular complexity index is 3440. The number of nitrogens with zero attached hydrogens (tertiary/aromatic N) is 6. The largest absolute Gasteiger partial charge is 0.314 e. The Hall–Kier alpha value is -8.09. The molecule has 12 aromatic rings. The van der Waals surface area contributed by atoms with Crippen molar-refractivity contribution in [1.29, 1.82) is 0 Å². The van der Waals surface area contributed by atoms with Gasteiger partial charge in [0, 0.05) is 55.8 Å². The zero-order chi connectivity index (χ0) is 38.9. The van der Waals surface area contributed by atoms with Crippen molar-refractivity contribution < 1.29 is 0 Å². The van der Waals surface area contributed by atoms with E-state index in [1.807, 2.05) is 60.7 Å². The number of hydrogen-bond acceptors (Lipinski definition) is 3. The minimum Gasteiger partial charge on any atom is -0.314 e. The zero-order valence-corrected chi connectivity index (χ0v) is 31.8. The summed E-state index contributed by atoms with van der Waals surface area (Å²) in [4.78, 5) is 15.1. The topological polar surface area (TPSA) is 52.9 Å². The van der Waals surface area contributed by atoms with Crippen LogP contribution in [-0.2, 0) is 0 Å². The number of hydrogen-bond donors (Lipinski definition) is 0. The van der Waals surface area contributed by atoms with Gasteiger partial charge >= 0.3 is 0 Å². The molecule has 59 heavy (non-hydrogen) atoms. The fourth-order valence-electron chi connectivity index (χ4n) is 8.94. The van der Waals surface area contributed by atoms with E-state index < -0.39 is 0 Å². The van der Waals surface area contributed by atoms with Crippen molar-refractivity contribution in [2.45, 2.75) is 0 Å². The monoisotopic (exact) mass is 754 g/mol. The lowest BCUT2D eigenvalue weighted by Gasteiger charge is -2.13. The summed E-state index contributed by atoms with van der Waals surface area (Å²) in [5.41, 5.74) is 13.0. The molecule has 0 aliphatic rings. The molecular weight excluding hydrogens is 721 g/mol. The Morgan fingerprint density at radius 1 is 0.322 bits per heavy atom. The van der Waals surface area contributed by atoms with Crippen molar-refractivity contribution >= 4 is 49.1 Å². The molecule has 5 heterocycles. The predicted octanol–water partition coefficient (Wildman–Crippen LogP) is 13.0. The first-order valence-electron chi connectivity index (χ1n) is 19.9. The second kappa shape index (κ2) is 13.3. The highest BCUT2D eigenvalue weighted by Gasteiger charge is 2.24. The van der Waals surface area contributed by atoms with Gasteiger partial charge in [-0.3, -0.25) is 0 Å². The lowest BCUT2D eigenvalue weighted by Crippen LogP contribution is -2.00. The van der Waals surface area contributed by atoms with Gasteiger partial charge in [0.05, 0.1) is 33.3 Å². The molecule has 5 aromatic heterocycles. The molecule has 0 saturated carbocycles. The Morgan fingerprint density at radius 3 is 1.42 bits per heavy atom. The number of para-hydroxylation sites is 3. The summed E-state index contributed by atoms with van der Waals surface area (Å²) in [7, 11) is 0. The van der Waals surface area contributed by atoms with Crippen LogP contribution in [0.1, 0.15) is 0 Å². The molecule has 276 valence electrons. The first-order valence-corrected chi connectivity index (χ1v) is 19.9. The van der Waals surface area contributed by atoms with E-state index in [1.54, 1.807) is 0 Å². The maximum Gasteiger partial charge on any atom is 0.164 e. The van der Waals surface area contributed by atoms with Gasteiger partial charge in [0.25, 0.3) is 0 Å². The summed E-state index contributed by atoms with van der Waals surface area (Å²) in [5.74, 6) is 1.91. The third kappa shape index (κ3) is 5.24. The van der Waals surface area contributed by atoms with E-state index in [0.29, 0.717) is 17.5 Å². The van der Waals surface area contributed by atoms with E-state index >= 15 is 0 Å². The average Bonchev–Trinajstić information content (AvgIpc) is 3.95. The Labute approximate surface area is 339 Å². The van der Waals surface area contributed by atoms with Crippen LogP contribution in [0.15, 0.2) is 206 Å². The van der Waals surface area contributed by atoms with Crippen LogP contribution in [0.3, 0.4) is 0 Å². The first-order chi connectivity index (χ1) is 29.3. The number of fused-ring (bicyclic) bond motifs is 8. The van der Waals surface area contributed by atoms with E-state index in [2.05, 4.69) is 159 Å².